The van der Waals surface area contributed by atoms with E-state index < -0.39 is 0 Å². The van der Waals surface area contributed by atoms with Gasteiger partial charge in [0.05, 0.1) is 0 Å². The van der Waals surface area contributed by atoms with Gasteiger partial charge < -0.3 is 0 Å². The summed E-state index contributed by atoms with van der Waals surface area (Å²) >= 11 is 0. The van der Waals surface area contributed by atoms with Gasteiger partial charge in [0.1, 0.15) is 0 Å². The first kappa shape index (κ1) is 20.8. The summed E-state index contributed by atoms with van der Waals surface area (Å²) in [6.45, 7) is 13.9. The van der Waals surface area contributed by atoms with Crippen molar-refractivity contribution in [3.63, 3.8) is 0 Å². The normalized spacial score (nSPS) is 8.00. The predicted molar refractivity (Wildman–Crippen MR) is 68.4 cm³/mol. The molecule has 0 bridgehead atoms. The van der Waals surface area contributed by atoms with Crippen molar-refractivity contribution in [1.82, 2.24) is 0 Å². The van der Waals surface area contributed by atoms with Crippen molar-refractivity contribution in [1.29, 1.82) is 0 Å². The maximum Gasteiger partial charge on any atom is 0 e. The molecule has 0 atom stereocenters. The third kappa shape index (κ3) is 25.1. The van der Waals surface area contributed by atoms with Crippen LogP contribution in [0, 0.1) is 6.65 Å². The second-order valence-electron chi connectivity index (χ2n) is 3.26. The van der Waals surface area contributed by atoms with Crippen molar-refractivity contribution in [3.05, 3.63) is 37.0 Å². The van der Waals surface area contributed by atoms with Gasteiger partial charge in [-0.3, -0.25) is 0 Å². The summed E-state index contributed by atoms with van der Waals surface area (Å²) in [5.74, 6) is 1.49. The molecule has 0 aliphatic heterocycles. The SMILES string of the molecule is CP(C)CP(C)C.[C-]#[O+].[Mn].c1cc[cH-]c1. The molecule has 0 aliphatic rings. The summed E-state index contributed by atoms with van der Waals surface area (Å²) in [5.41, 5.74) is 0. The standard InChI is InChI=1S/C5H14P2.C5H5.CO.Mn/c1-6(2)5-7(3)4;1-2-4-5-3-1;1-2;/h5H2,1-4H3;1-5H;;/q;-1;;. The first-order valence-corrected chi connectivity index (χ1v) is 9.13. The molecule has 0 spiro atoms. The smallest absolute Gasteiger partial charge is 0 e. The van der Waals surface area contributed by atoms with Crippen LogP contribution in [0.25, 0.3) is 0 Å². The van der Waals surface area contributed by atoms with E-state index in [1.54, 1.807) is 0 Å². The second-order valence-corrected chi connectivity index (χ2v) is 8.71. The van der Waals surface area contributed by atoms with E-state index in [1.807, 2.05) is 30.3 Å². The van der Waals surface area contributed by atoms with Crippen molar-refractivity contribution >= 4 is 15.8 Å². The van der Waals surface area contributed by atoms with Crippen LogP contribution in [0.4, 0.5) is 0 Å². The molecule has 1 aromatic rings. The molecule has 0 aromatic heterocycles. The molecule has 15 heavy (non-hydrogen) atoms. The molecule has 0 saturated carbocycles. The van der Waals surface area contributed by atoms with E-state index in [0.29, 0.717) is 15.8 Å². The Morgan fingerprint density at radius 2 is 1.33 bits per heavy atom. The van der Waals surface area contributed by atoms with E-state index in [4.69, 9.17) is 4.65 Å². The fraction of sp³-hybridized carbons (Fsp3) is 0.455. The van der Waals surface area contributed by atoms with Gasteiger partial charge in [-0.05, 0) is 32.6 Å². The molecule has 1 radical (unpaired) electrons. The zero-order chi connectivity index (χ0) is 11.4. The molecular weight excluding hydrogens is 265 g/mol. The van der Waals surface area contributed by atoms with Gasteiger partial charge in [0.25, 0.3) is 0 Å². The molecule has 0 unspecified atom stereocenters. The minimum atomic E-state index is 0. The summed E-state index contributed by atoms with van der Waals surface area (Å²) in [6.07, 6.45) is 0. The van der Waals surface area contributed by atoms with Crippen molar-refractivity contribution in [2.75, 3.05) is 32.6 Å². The van der Waals surface area contributed by atoms with Gasteiger partial charge in [-0.15, -0.1) is 15.8 Å². The maximum atomic E-state index is 7.50. The van der Waals surface area contributed by atoms with Gasteiger partial charge in [-0.1, -0.05) is 0 Å². The minimum absolute atomic E-state index is 0. The molecule has 87 valence electrons. The zero-order valence-electron chi connectivity index (χ0n) is 9.77. The maximum absolute atomic E-state index is 7.50. The molecular formula is C11H19MnOP2-. The minimum Gasteiger partial charge on any atom is -0.214 e. The predicted octanol–water partition coefficient (Wildman–Crippen LogP) is 3.79. The molecule has 4 heteroatoms. The summed E-state index contributed by atoms with van der Waals surface area (Å²) in [4.78, 5) is 0. The van der Waals surface area contributed by atoms with Crippen LogP contribution in [0.5, 0.6) is 0 Å². The number of hydrogen-bond acceptors (Lipinski definition) is 0. The van der Waals surface area contributed by atoms with Crippen molar-refractivity contribution in [2.24, 2.45) is 0 Å². The van der Waals surface area contributed by atoms with Gasteiger partial charge in [-0.2, -0.15) is 18.2 Å². The fourth-order valence-corrected chi connectivity index (χ4v) is 5.41. The second kappa shape index (κ2) is 16.9. The third-order valence-electron chi connectivity index (χ3n) is 1.12. The first-order chi connectivity index (χ1) is 6.63. The zero-order valence-corrected chi connectivity index (χ0v) is 12.7. The van der Waals surface area contributed by atoms with Gasteiger partial charge in [-0.25, -0.2) is 12.1 Å². The van der Waals surface area contributed by atoms with Gasteiger partial charge in [0, 0.05) is 17.1 Å². The van der Waals surface area contributed by atoms with E-state index in [1.165, 1.54) is 5.90 Å². The summed E-state index contributed by atoms with van der Waals surface area (Å²) in [5, 5.41) is 0. The van der Waals surface area contributed by atoms with Crippen LogP contribution < -0.4 is 0 Å². The van der Waals surface area contributed by atoms with Gasteiger partial charge in [0.2, 0.25) is 0 Å². The van der Waals surface area contributed by atoms with Gasteiger partial charge >= 0.3 is 11.3 Å². The van der Waals surface area contributed by atoms with Crippen molar-refractivity contribution < 1.29 is 21.7 Å². The van der Waals surface area contributed by atoms with Crippen molar-refractivity contribution in [2.45, 2.75) is 0 Å². The van der Waals surface area contributed by atoms with Crippen LogP contribution >= 0.6 is 15.8 Å². The first-order valence-electron chi connectivity index (χ1n) is 4.29. The van der Waals surface area contributed by atoms with Crippen LogP contribution in [-0.4, -0.2) is 32.6 Å². The van der Waals surface area contributed by atoms with Gasteiger partial charge in [0.15, 0.2) is 0 Å². The summed E-state index contributed by atoms with van der Waals surface area (Å²) < 4.78 is 7.50. The molecule has 0 fully saturated rings. The number of hydrogen-bond donors (Lipinski definition) is 0. The largest absolute Gasteiger partial charge is 0.214 e. The van der Waals surface area contributed by atoms with E-state index in [2.05, 4.69) is 33.3 Å². The monoisotopic (exact) mass is 284 g/mol. The summed E-state index contributed by atoms with van der Waals surface area (Å²) in [7, 11) is 0.778. The Labute approximate surface area is 107 Å². The van der Waals surface area contributed by atoms with E-state index in [0.717, 1.165) is 0 Å². The van der Waals surface area contributed by atoms with Crippen LogP contribution in [-0.2, 0) is 21.7 Å². The molecule has 0 amide bonds. The average molecular weight is 284 g/mol. The Balaban J connectivity index is -0.000000159. The van der Waals surface area contributed by atoms with E-state index in [-0.39, 0.29) is 17.1 Å². The molecule has 1 aromatic carbocycles. The molecule has 0 saturated heterocycles. The molecule has 1 rings (SSSR count). The molecule has 1 nitrogen and oxygen atoms in total. The topological polar surface area (TPSA) is 19.9 Å². The van der Waals surface area contributed by atoms with E-state index >= 15 is 0 Å². The molecule has 0 N–H and O–H groups in total. The molecule has 0 aliphatic carbocycles. The number of rotatable bonds is 2. The Bertz CT molecular complexity index is 172. The third-order valence-corrected chi connectivity index (χ3v) is 5.65. The van der Waals surface area contributed by atoms with Crippen LogP contribution in [0.3, 0.4) is 0 Å². The Morgan fingerprint density at radius 1 is 1.00 bits per heavy atom. The van der Waals surface area contributed by atoms with Crippen molar-refractivity contribution in [3.8, 4) is 0 Å². The fourth-order valence-electron chi connectivity index (χ4n) is 0.886. The van der Waals surface area contributed by atoms with Crippen LogP contribution in [0.15, 0.2) is 30.3 Å². The Morgan fingerprint density at radius 3 is 1.40 bits per heavy atom. The van der Waals surface area contributed by atoms with Crippen LogP contribution in [0.1, 0.15) is 0 Å². The molecule has 0 heterocycles. The average Bonchev–Trinajstić information content (AvgIpc) is 2.61. The Kier molecular flexibility index (Phi) is 23.4. The van der Waals surface area contributed by atoms with E-state index in [9.17, 15) is 0 Å². The summed E-state index contributed by atoms with van der Waals surface area (Å²) in [6, 6.07) is 10.0. The Hall–Kier alpha value is 0.469. The quantitative estimate of drug-likeness (QED) is 0.341. The van der Waals surface area contributed by atoms with Crippen LogP contribution in [0.2, 0.25) is 0 Å².